The SMILES string of the molecule is CC(C)C(C)C1CC2CCC1C2. The van der Waals surface area contributed by atoms with Crippen molar-refractivity contribution in [3.63, 3.8) is 0 Å². The van der Waals surface area contributed by atoms with Crippen molar-refractivity contribution in [3.8, 4) is 0 Å². The fourth-order valence-electron chi connectivity index (χ4n) is 3.43. The average molecular weight is 166 g/mol. The molecule has 12 heavy (non-hydrogen) atoms. The van der Waals surface area contributed by atoms with Crippen LogP contribution < -0.4 is 0 Å². The minimum atomic E-state index is 0.898. The van der Waals surface area contributed by atoms with Crippen LogP contribution in [0.25, 0.3) is 0 Å². The summed E-state index contributed by atoms with van der Waals surface area (Å²) < 4.78 is 0. The van der Waals surface area contributed by atoms with Crippen LogP contribution in [0.3, 0.4) is 0 Å². The van der Waals surface area contributed by atoms with Crippen LogP contribution in [0.1, 0.15) is 46.5 Å². The molecular formula is C12H22. The van der Waals surface area contributed by atoms with Gasteiger partial charge in [0.15, 0.2) is 0 Å². The molecule has 0 heterocycles. The van der Waals surface area contributed by atoms with E-state index in [4.69, 9.17) is 0 Å². The van der Waals surface area contributed by atoms with E-state index in [1.165, 1.54) is 0 Å². The Balaban J connectivity index is 1.97. The van der Waals surface area contributed by atoms with Gasteiger partial charge in [-0.3, -0.25) is 0 Å². The van der Waals surface area contributed by atoms with Gasteiger partial charge in [0.05, 0.1) is 0 Å². The third kappa shape index (κ3) is 1.30. The van der Waals surface area contributed by atoms with Gasteiger partial charge in [-0.25, -0.2) is 0 Å². The van der Waals surface area contributed by atoms with Crippen LogP contribution in [-0.2, 0) is 0 Å². The van der Waals surface area contributed by atoms with E-state index in [9.17, 15) is 0 Å². The van der Waals surface area contributed by atoms with Gasteiger partial charge in [-0.15, -0.1) is 0 Å². The molecule has 0 aliphatic heterocycles. The zero-order valence-corrected chi connectivity index (χ0v) is 8.72. The maximum absolute atomic E-state index is 2.47. The van der Waals surface area contributed by atoms with E-state index in [2.05, 4.69) is 20.8 Å². The second-order valence-corrected chi connectivity index (χ2v) is 5.44. The van der Waals surface area contributed by atoms with Crippen LogP contribution >= 0.6 is 0 Å². The number of hydrogen-bond donors (Lipinski definition) is 0. The van der Waals surface area contributed by atoms with E-state index in [-0.39, 0.29) is 0 Å². The fraction of sp³-hybridized carbons (Fsp3) is 1.00. The molecule has 2 aliphatic carbocycles. The minimum absolute atomic E-state index is 0.898. The Kier molecular flexibility index (Phi) is 2.18. The Labute approximate surface area is 76.7 Å². The lowest BCUT2D eigenvalue weighted by Gasteiger charge is -2.30. The molecule has 0 aromatic heterocycles. The summed E-state index contributed by atoms with van der Waals surface area (Å²) in [6.07, 6.45) is 6.23. The van der Waals surface area contributed by atoms with Gasteiger partial charge in [-0.2, -0.15) is 0 Å². The largest absolute Gasteiger partial charge is 0.0625 e. The van der Waals surface area contributed by atoms with Crippen LogP contribution in [0, 0.1) is 29.6 Å². The molecule has 0 radical (unpaired) electrons. The van der Waals surface area contributed by atoms with Gasteiger partial charge in [-0.1, -0.05) is 27.2 Å². The van der Waals surface area contributed by atoms with Crippen LogP contribution in [-0.4, -0.2) is 0 Å². The zero-order chi connectivity index (χ0) is 8.72. The predicted octanol–water partition coefficient (Wildman–Crippen LogP) is 3.71. The maximum Gasteiger partial charge on any atom is -0.0355 e. The Morgan fingerprint density at radius 2 is 1.75 bits per heavy atom. The van der Waals surface area contributed by atoms with Crippen LogP contribution in [0.5, 0.6) is 0 Å². The van der Waals surface area contributed by atoms with Gasteiger partial charge in [-0.05, 0) is 48.9 Å². The molecule has 0 N–H and O–H groups in total. The highest BCUT2D eigenvalue weighted by Gasteiger charge is 2.42. The minimum Gasteiger partial charge on any atom is -0.0625 e. The summed E-state index contributed by atoms with van der Waals surface area (Å²) in [6, 6.07) is 0. The van der Waals surface area contributed by atoms with E-state index in [0.29, 0.717) is 0 Å². The molecule has 0 aromatic rings. The van der Waals surface area contributed by atoms with Gasteiger partial charge >= 0.3 is 0 Å². The number of hydrogen-bond acceptors (Lipinski definition) is 0. The first-order valence-corrected chi connectivity index (χ1v) is 5.68. The number of fused-ring (bicyclic) bond motifs is 2. The van der Waals surface area contributed by atoms with Crippen LogP contribution in [0.4, 0.5) is 0 Å². The summed E-state index contributed by atoms with van der Waals surface area (Å²) in [5, 5.41) is 0. The van der Waals surface area contributed by atoms with E-state index in [0.717, 1.165) is 29.6 Å². The molecular weight excluding hydrogens is 144 g/mol. The third-order valence-electron chi connectivity index (χ3n) is 4.52. The molecule has 2 bridgehead atoms. The standard InChI is InChI=1S/C12H22/c1-8(2)9(3)12-7-10-4-5-11(12)6-10/h8-12H,4-7H2,1-3H3. The second kappa shape index (κ2) is 3.05. The number of rotatable bonds is 2. The molecule has 0 spiro atoms. The summed E-state index contributed by atoms with van der Waals surface area (Å²) >= 11 is 0. The van der Waals surface area contributed by atoms with Crippen molar-refractivity contribution < 1.29 is 0 Å². The second-order valence-electron chi connectivity index (χ2n) is 5.44. The van der Waals surface area contributed by atoms with E-state index < -0.39 is 0 Å². The molecule has 4 atom stereocenters. The van der Waals surface area contributed by atoms with Crippen LogP contribution in [0.15, 0.2) is 0 Å². The van der Waals surface area contributed by atoms with E-state index in [1.54, 1.807) is 25.7 Å². The van der Waals surface area contributed by atoms with Crippen molar-refractivity contribution in [2.24, 2.45) is 29.6 Å². The summed E-state index contributed by atoms with van der Waals surface area (Å²) in [4.78, 5) is 0. The van der Waals surface area contributed by atoms with Crippen molar-refractivity contribution >= 4 is 0 Å². The lowest BCUT2D eigenvalue weighted by Crippen LogP contribution is -2.22. The van der Waals surface area contributed by atoms with Crippen molar-refractivity contribution in [2.75, 3.05) is 0 Å². The smallest absolute Gasteiger partial charge is 0.0355 e. The molecule has 0 amide bonds. The highest BCUT2D eigenvalue weighted by Crippen LogP contribution is 2.52. The topological polar surface area (TPSA) is 0 Å². The lowest BCUT2D eigenvalue weighted by atomic mass is 9.75. The highest BCUT2D eigenvalue weighted by molar-refractivity contribution is 4.92. The molecule has 2 fully saturated rings. The molecule has 0 nitrogen and oxygen atoms in total. The molecule has 2 saturated carbocycles. The molecule has 0 saturated heterocycles. The first-order chi connectivity index (χ1) is 5.68. The molecule has 2 rings (SSSR count). The monoisotopic (exact) mass is 166 g/mol. The molecule has 2 aliphatic rings. The highest BCUT2D eigenvalue weighted by atomic mass is 14.5. The predicted molar refractivity (Wildman–Crippen MR) is 52.9 cm³/mol. The fourth-order valence-corrected chi connectivity index (χ4v) is 3.43. The maximum atomic E-state index is 2.47. The quantitative estimate of drug-likeness (QED) is 0.586. The van der Waals surface area contributed by atoms with Gasteiger partial charge in [0, 0.05) is 0 Å². The summed E-state index contributed by atoms with van der Waals surface area (Å²) in [5.74, 6) is 5.20. The summed E-state index contributed by atoms with van der Waals surface area (Å²) in [7, 11) is 0. The Morgan fingerprint density at radius 1 is 1.00 bits per heavy atom. The van der Waals surface area contributed by atoms with Gasteiger partial charge < -0.3 is 0 Å². The Hall–Kier alpha value is 0. The molecule has 4 unspecified atom stereocenters. The van der Waals surface area contributed by atoms with Gasteiger partial charge in [0.2, 0.25) is 0 Å². The van der Waals surface area contributed by atoms with Gasteiger partial charge in [0.25, 0.3) is 0 Å². The van der Waals surface area contributed by atoms with Crippen molar-refractivity contribution in [2.45, 2.75) is 46.5 Å². The van der Waals surface area contributed by atoms with Crippen molar-refractivity contribution in [1.82, 2.24) is 0 Å². The van der Waals surface area contributed by atoms with Crippen LogP contribution in [0.2, 0.25) is 0 Å². The van der Waals surface area contributed by atoms with Gasteiger partial charge in [0.1, 0.15) is 0 Å². The molecule has 70 valence electrons. The summed E-state index contributed by atoms with van der Waals surface area (Å²) in [5.41, 5.74) is 0. The van der Waals surface area contributed by atoms with E-state index >= 15 is 0 Å². The average Bonchev–Trinajstić information content (AvgIpc) is 2.62. The van der Waals surface area contributed by atoms with Crippen molar-refractivity contribution in [1.29, 1.82) is 0 Å². The zero-order valence-electron chi connectivity index (χ0n) is 8.72. The molecule has 0 aromatic carbocycles. The Bertz CT molecular complexity index is 159. The summed E-state index contributed by atoms with van der Waals surface area (Å²) in [6.45, 7) is 7.24. The first-order valence-electron chi connectivity index (χ1n) is 5.68. The normalized spacial score (nSPS) is 42.5. The third-order valence-corrected chi connectivity index (χ3v) is 4.52. The van der Waals surface area contributed by atoms with E-state index in [1.807, 2.05) is 0 Å². The first kappa shape index (κ1) is 8.59. The Morgan fingerprint density at radius 3 is 2.17 bits per heavy atom. The molecule has 0 heteroatoms. The lowest BCUT2D eigenvalue weighted by molar-refractivity contribution is 0.195. The van der Waals surface area contributed by atoms with Crippen molar-refractivity contribution in [3.05, 3.63) is 0 Å².